The van der Waals surface area contributed by atoms with Crippen molar-refractivity contribution in [3.63, 3.8) is 0 Å². The van der Waals surface area contributed by atoms with E-state index in [0.29, 0.717) is 13.0 Å². The SMILES string of the molecule is CCCCCC(=O)N(C)C(CC(C)=O)C(=O)NCCCNC. The Labute approximate surface area is 134 Å². The van der Waals surface area contributed by atoms with Gasteiger partial charge < -0.3 is 15.5 Å². The molecule has 128 valence electrons. The van der Waals surface area contributed by atoms with Gasteiger partial charge in [-0.2, -0.15) is 0 Å². The predicted molar refractivity (Wildman–Crippen MR) is 87.6 cm³/mol. The lowest BCUT2D eigenvalue weighted by Crippen LogP contribution is -2.48. The van der Waals surface area contributed by atoms with Gasteiger partial charge in [0.25, 0.3) is 0 Å². The highest BCUT2D eigenvalue weighted by atomic mass is 16.2. The van der Waals surface area contributed by atoms with Gasteiger partial charge in [-0.15, -0.1) is 0 Å². The third-order valence-corrected chi connectivity index (χ3v) is 3.54. The average Bonchev–Trinajstić information content (AvgIpc) is 2.48. The quantitative estimate of drug-likeness (QED) is 0.529. The minimum Gasteiger partial charge on any atom is -0.354 e. The number of hydrogen-bond donors (Lipinski definition) is 2. The van der Waals surface area contributed by atoms with Crippen LogP contribution in [-0.4, -0.2) is 55.7 Å². The number of ketones is 1. The first-order valence-electron chi connectivity index (χ1n) is 8.11. The number of amides is 2. The van der Waals surface area contributed by atoms with Crippen LogP contribution in [0.2, 0.25) is 0 Å². The minimum atomic E-state index is -0.707. The number of nitrogens with one attached hydrogen (secondary N) is 2. The Morgan fingerprint density at radius 1 is 1.09 bits per heavy atom. The molecular formula is C16H31N3O3. The van der Waals surface area contributed by atoms with E-state index in [1.165, 1.54) is 11.8 Å². The third kappa shape index (κ3) is 8.77. The first kappa shape index (κ1) is 20.6. The molecule has 0 aromatic heterocycles. The van der Waals surface area contributed by atoms with Crippen LogP contribution in [-0.2, 0) is 14.4 Å². The van der Waals surface area contributed by atoms with Crippen molar-refractivity contribution in [2.24, 2.45) is 0 Å². The Hall–Kier alpha value is -1.43. The summed E-state index contributed by atoms with van der Waals surface area (Å²) in [5, 5.41) is 5.80. The molecule has 0 rings (SSSR count). The Kier molecular flexibility index (Phi) is 11.4. The van der Waals surface area contributed by atoms with Crippen molar-refractivity contribution in [1.82, 2.24) is 15.5 Å². The standard InChI is InChI=1S/C16H31N3O3/c1-5-6-7-9-15(21)19(4)14(12-13(2)20)16(22)18-11-8-10-17-3/h14,17H,5-12H2,1-4H3,(H,18,22). The molecule has 6 heteroatoms. The Balaban J connectivity index is 4.55. The number of nitrogens with zero attached hydrogens (tertiary/aromatic N) is 1. The summed E-state index contributed by atoms with van der Waals surface area (Å²) in [6, 6.07) is -0.707. The van der Waals surface area contributed by atoms with Crippen LogP contribution < -0.4 is 10.6 Å². The van der Waals surface area contributed by atoms with Crippen molar-refractivity contribution >= 4 is 17.6 Å². The summed E-state index contributed by atoms with van der Waals surface area (Å²) in [5.74, 6) is -0.425. The second-order valence-electron chi connectivity index (χ2n) is 5.63. The van der Waals surface area contributed by atoms with Crippen LogP contribution in [0, 0.1) is 0 Å². The highest BCUT2D eigenvalue weighted by Crippen LogP contribution is 2.09. The number of carbonyl (C=O) groups is 3. The van der Waals surface area contributed by atoms with Crippen LogP contribution in [0.25, 0.3) is 0 Å². The monoisotopic (exact) mass is 313 g/mol. The van der Waals surface area contributed by atoms with Gasteiger partial charge in [-0.3, -0.25) is 14.4 Å². The summed E-state index contributed by atoms with van der Waals surface area (Å²) >= 11 is 0. The molecule has 1 atom stereocenters. The molecule has 6 nitrogen and oxygen atoms in total. The zero-order chi connectivity index (χ0) is 17.0. The van der Waals surface area contributed by atoms with Crippen molar-refractivity contribution in [3.05, 3.63) is 0 Å². The number of Topliss-reactive ketones (excluding diaryl/α,β-unsaturated/α-hetero) is 1. The molecule has 0 aliphatic carbocycles. The van der Waals surface area contributed by atoms with Gasteiger partial charge in [-0.05, 0) is 33.4 Å². The van der Waals surface area contributed by atoms with E-state index in [1.807, 2.05) is 7.05 Å². The number of unbranched alkanes of at least 4 members (excludes halogenated alkanes) is 2. The molecule has 0 spiro atoms. The molecule has 2 N–H and O–H groups in total. The lowest BCUT2D eigenvalue weighted by atomic mass is 10.1. The van der Waals surface area contributed by atoms with Crippen LogP contribution >= 0.6 is 0 Å². The van der Waals surface area contributed by atoms with Gasteiger partial charge in [-0.1, -0.05) is 19.8 Å². The van der Waals surface area contributed by atoms with Gasteiger partial charge >= 0.3 is 0 Å². The van der Waals surface area contributed by atoms with Crippen molar-refractivity contribution in [3.8, 4) is 0 Å². The topological polar surface area (TPSA) is 78.5 Å². The number of carbonyl (C=O) groups excluding carboxylic acids is 3. The van der Waals surface area contributed by atoms with Gasteiger partial charge in [0.1, 0.15) is 11.8 Å². The number of likely N-dealkylation sites (N-methyl/N-ethyl adjacent to an activating group) is 1. The molecule has 22 heavy (non-hydrogen) atoms. The van der Waals surface area contributed by atoms with Crippen LogP contribution in [0.15, 0.2) is 0 Å². The zero-order valence-electron chi connectivity index (χ0n) is 14.4. The number of rotatable bonds is 12. The summed E-state index contributed by atoms with van der Waals surface area (Å²) in [6.45, 7) is 4.86. The highest BCUT2D eigenvalue weighted by molar-refractivity contribution is 5.91. The van der Waals surface area contributed by atoms with Crippen LogP contribution in [0.1, 0.15) is 52.4 Å². The zero-order valence-corrected chi connectivity index (χ0v) is 14.4. The second-order valence-corrected chi connectivity index (χ2v) is 5.63. The fraction of sp³-hybridized carbons (Fsp3) is 0.812. The lowest BCUT2D eigenvalue weighted by Gasteiger charge is -2.26. The van der Waals surface area contributed by atoms with E-state index in [4.69, 9.17) is 0 Å². The molecule has 0 aromatic carbocycles. The van der Waals surface area contributed by atoms with E-state index in [9.17, 15) is 14.4 Å². The first-order valence-corrected chi connectivity index (χ1v) is 8.11. The molecule has 0 aliphatic heterocycles. The van der Waals surface area contributed by atoms with Crippen molar-refractivity contribution < 1.29 is 14.4 Å². The summed E-state index contributed by atoms with van der Waals surface area (Å²) in [4.78, 5) is 37.2. The van der Waals surface area contributed by atoms with E-state index in [1.54, 1.807) is 7.05 Å². The summed E-state index contributed by atoms with van der Waals surface area (Å²) < 4.78 is 0. The molecule has 0 bridgehead atoms. The average molecular weight is 313 g/mol. The molecule has 0 saturated carbocycles. The largest absolute Gasteiger partial charge is 0.354 e. The minimum absolute atomic E-state index is 0.0634. The number of hydrogen-bond acceptors (Lipinski definition) is 4. The molecule has 0 fully saturated rings. The molecule has 0 radical (unpaired) electrons. The van der Waals surface area contributed by atoms with E-state index in [2.05, 4.69) is 17.6 Å². The predicted octanol–water partition coefficient (Wildman–Crippen LogP) is 1.10. The molecule has 1 unspecified atom stereocenters. The van der Waals surface area contributed by atoms with Crippen LogP contribution in [0.3, 0.4) is 0 Å². The van der Waals surface area contributed by atoms with Gasteiger partial charge in [0.15, 0.2) is 0 Å². The molecule has 0 aromatic rings. The maximum Gasteiger partial charge on any atom is 0.243 e. The van der Waals surface area contributed by atoms with Crippen LogP contribution in [0.4, 0.5) is 0 Å². The summed E-state index contributed by atoms with van der Waals surface area (Å²) in [7, 11) is 3.46. The molecule has 2 amide bonds. The maximum absolute atomic E-state index is 12.2. The van der Waals surface area contributed by atoms with Crippen molar-refractivity contribution in [2.45, 2.75) is 58.4 Å². The highest BCUT2D eigenvalue weighted by Gasteiger charge is 2.27. The van der Waals surface area contributed by atoms with E-state index in [0.717, 1.165) is 32.2 Å². The van der Waals surface area contributed by atoms with Crippen molar-refractivity contribution in [2.75, 3.05) is 27.2 Å². The van der Waals surface area contributed by atoms with E-state index >= 15 is 0 Å². The normalized spacial score (nSPS) is 11.8. The fourth-order valence-corrected chi connectivity index (χ4v) is 2.15. The summed E-state index contributed by atoms with van der Waals surface area (Å²) in [6.07, 6.45) is 4.14. The Morgan fingerprint density at radius 3 is 2.32 bits per heavy atom. The molecule has 0 heterocycles. The van der Waals surface area contributed by atoms with Crippen LogP contribution in [0.5, 0.6) is 0 Å². The molecule has 0 aliphatic rings. The smallest absolute Gasteiger partial charge is 0.243 e. The third-order valence-electron chi connectivity index (χ3n) is 3.54. The van der Waals surface area contributed by atoms with Gasteiger partial charge in [-0.25, -0.2) is 0 Å². The molecular weight excluding hydrogens is 282 g/mol. The van der Waals surface area contributed by atoms with E-state index in [-0.39, 0.29) is 24.0 Å². The molecule has 0 saturated heterocycles. The summed E-state index contributed by atoms with van der Waals surface area (Å²) in [5.41, 5.74) is 0. The second kappa shape index (κ2) is 12.1. The first-order chi connectivity index (χ1) is 10.4. The van der Waals surface area contributed by atoms with Gasteiger partial charge in [0.05, 0.1) is 0 Å². The maximum atomic E-state index is 12.2. The van der Waals surface area contributed by atoms with E-state index < -0.39 is 6.04 Å². The van der Waals surface area contributed by atoms with Gasteiger partial charge in [0.2, 0.25) is 11.8 Å². The van der Waals surface area contributed by atoms with Crippen molar-refractivity contribution in [1.29, 1.82) is 0 Å². The Morgan fingerprint density at radius 2 is 1.77 bits per heavy atom. The Bertz CT molecular complexity index is 359. The lowest BCUT2D eigenvalue weighted by molar-refractivity contribution is -0.140. The van der Waals surface area contributed by atoms with Gasteiger partial charge in [0, 0.05) is 26.4 Å². The fourth-order valence-electron chi connectivity index (χ4n) is 2.15.